The van der Waals surface area contributed by atoms with Crippen molar-refractivity contribution in [2.45, 2.75) is 13.8 Å². The molecule has 0 fully saturated rings. The van der Waals surface area contributed by atoms with Crippen LogP contribution in [0.15, 0.2) is 0 Å². The minimum Gasteiger partial charge on any atom is -0.356 e. The Morgan fingerprint density at radius 3 is 2.38 bits per heavy atom. The first-order chi connectivity index (χ1) is 3.68. The molecule has 0 saturated heterocycles. The van der Waals surface area contributed by atoms with Crippen LogP contribution in [0.2, 0.25) is 0 Å². The summed E-state index contributed by atoms with van der Waals surface area (Å²) in [6, 6.07) is 0. The Kier molecular flexibility index (Phi) is 3.14. The number of hydrazine groups is 1. The molecule has 8 heavy (non-hydrogen) atoms. The molecule has 0 aliphatic heterocycles. The van der Waals surface area contributed by atoms with E-state index in [1.165, 1.54) is 0 Å². The third-order valence-electron chi connectivity index (χ3n) is 0.631. The summed E-state index contributed by atoms with van der Waals surface area (Å²) in [5.41, 5.74) is 1.80. The third-order valence-corrected chi connectivity index (χ3v) is 0.631. The predicted octanol–water partition coefficient (Wildman–Crippen LogP) is -0.436. The largest absolute Gasteiger partial charge is 0.356 e. The maximum absolute atomic E-state index is 10.4. The third kappa shape index (κ3) is 2.54. The van der Waals surface area contributed by atoms with Gasteiger partial charge in [0, 0.05) is 0 Å². The van der Waals surface area contributed by atoms with Crippen molar-refractivity contribution in [3.63, 3.8) is 0 Å². The fraction of sp³-hybridized carbons (Fsp3) is 0.750. The Balaban J connectivity index is 3.33. The Morgan fingerprint density at radius 2 is 2.25 bits per heavy atom. The van der Waals surface area contributed by atoms with Crippen LogP contribution < -0.4 is 11.4 Å². The van der Waals surface area contributed by atoms with Crippen LogP contribution in [0.25, 0.3) is 0 Å². The topological polar surface area (TPSA) is 64.3 Å². The molecule has 0 aromatic rings. The predicted molar refractivity (Wildman–Crippen MR) is 28.3 cm³/mol. The van der Waals surface area contributed by atoms with E-state index < -0.39 is 0 Å². The van der Waals surface area contributed by atoms with Gasteiger partial charge in [-0.05, 0) is 0 Å². The van der Waals surface area contributed by atoms with E-state index >= 15 is 0 Å². The molecule has 48 valence electrons. The van der Waals surface area contributed by atoms with Gasteiger partial charge in [-0.3, -0.25) is 4.79 Å². The molecule has 0 atom stereocenters. The molecule has 0 saturated carbocycles. The van der Waals surface area contributed by atoms with Gasteiger partial charge in [-0.25, -0.2) is 5.84 Å². The molecule has 0 heterocycles. The Bertz CT molecular complexity index is 82.1. The molecule has 0 aromatic heterocycles. The van der Waals surface area contributed by atoms with E-state index in [0.717, 1.165) is 0 Å². The summed E-state index contributed by atoms with van der Waals surface area (Å²) in [5.74, 6) is 4.19. The number of nitrogens with two attached hydrogens (primary N) is 1. The lowest BCUT2D eigenvalue weighted by Gasteiger charge is -2.01. The summed E-state index contributed by atoms with van der Waals surface area (Å²) < 4.78 is 0. The molecule has 0 rings (SSSR count). The maximum atomic E-state index is 10.4. The number of hydrogen-bond donors (Lipinski definition) is 2. The summed E-state index contributed by atoms with van der Waals surface area (Å²) in [6.45, 7) is 3.44. The van der Waals surface area contributed by atoms with E-state index in [0.29, 0.717) is 0 Å². The highest BCUT2D eigenvalue weighted by Gasteiger charge is 2.05. The van der Waals surface area contributed by atoms with Crippen LogP contribution in [0.4, 0.5) is 0 Å². The number of rotatable bonds is 2. The van der Waals surface area contributed by atoms with Gasteiger partial charge >= 0.3 is 5.97 Å². The first-order valence-corrected chi connectivity index (χ1v) is 2.34. The van der Waals surface area contributed by atoms with E-state index in [9.17, 15) is 4.79 Å². The van der Waals surface area contributed by atoms with Crippen LogP contribution in [0, 0.1) is 5.92 Å². The molecule has 0 aliphatic rings. The van der Waals surface area contributed by atoms with Crippen molar-refractivity contribution in [2.75, 3.05) is 0 Å². The molecule has 0 amide bonds. The van der Waals surface area contributed by atoms with Crippen LogP contribution in [0.5, 0.6) is 0 Å². The molecular formula is C4H10N2O2. The number of carbonyl (C=O) groups excluding carboxylic acids is 1. The minimum absolute atomic E-state index is 0.133. The molecule has 0 radical (unpaired) electrons. The molecular weight excluding hydrogens is 108 g/mol. The van der Waals surface area contributed by atoms with Crippen molar-refractivity contribution in [1.82, 2.24) is 5.59 Å². The molecule has 3 N–H and O–H groups in total. The standard InChI is InChI=1S/C4H10N2O2/c1-3(2)4(7)8-6-5/h3,6H,5H2,1-2H3. The zero-order valence-electron chi connectivity index (χ0n) is 4.97. The Morgan fingerprint density at radius 1 is 1.75 bits per heavy atom. The zero-order valence-corrected chi connectivity index (χ0v) is 4.97. The minimum atomic E-state index is -0.354. The molecule has 0 bridgehead atoms. The van der Waals surface area contributed by atoms with E-state index in [2.05, 4.69) is 10.7 Å². The van der Waals surface area contributed by atoms with E-state index in [1.807, 2.05) is 0 Å². The fourth-order valence-corrected chi connectivity index (χ4v) is 0.176. The average Bonchev–Trinajstić information content (AvgIpc) is 1.67. The molecule has 0 aromatic carbocycles. The maximum Gasteiger partial charge on any atom is 0.329 e. The SMILES string of the molecule is CC(C)C(=O)ONN. The van der Waals surface area contributed by atoms with Crippen molar-refractivity contribution >= 4 is 5.97 Å². The summed E-state index contributed by atoms with van der Waals surface area (Å²) in [6.07, 6.45) is 0. The van der Waals surface area contributed by atoms with Crippen molar-refractivity contribution < 1.29 is 9.63 Å². The Hall–Kier alpha value is -0.610. The van der Waals surface area contributed by atoms with Crippen LogP contribution in [0.3, 0.4) is 0 Å². The van der Waals surface area contributed by atoms with Gasteiger partial charge in [0.15, 0.2) is 0 Å². The quantitative estimate of drug-likeness (QED) is 0.381. The monoisotopic (exact) mass is 118 g/mol. The van der Waals surface area contributed by atoms with Crippen LogP contribution in [-0.2, 0) is 9.63 Å². The van der Waals surface area contributed by atoms with Gasteiger partial charge in [0.2, 0.25) is 0 Å². The molecule has 4 nitrogen and oxygen atoms in total. The lowest BCUT2D eigenvalue weighted by Crippen LogP contribution is -2.28. The van der Waals surface area contributed by atoms with Gasteiger partial charge in [-0.1, -0.05) is 19.4 Å². The summed E-state index contributed by atoms with van der Waals surface area (Å²) >= 11 is 0. The number of hydrogen-bond acceptors (Lipinski definition) is 4. The van der Waals surface area contributed by atoms with E-state index in [-0.39, 0.29) is 11.9 Å². The van der Waals surface area contributed by atoms with Crippen molar-refractivity contribution in [1.29, 1.82) is 0 Å². The molecule has 0 aliphatic carbocycles. The fourth-order valence-electron chi connectivity index (χ4n) is 0.176. The summed E-state index contributed by atoms with van der Waals surface area (Å²) in [7, 11) is 0. The van der Waals surface area contributed by atoms with Crippen LogP contribution in [-0.4, -0.2) is 5.97 Å². The van der Waals surface area contributed by atoms with Crippen molar-refractivity contribution in [3.05, 3.63) is 0 Å². The highest BCUT2D eigenvalue weighted by atomic mass is 16.7. The highest BCUT2D eigenvalue weighted by Crippen LogP contribution is 1.91. The average molecular weight is 118 g/mol. The smallest absolute Gasteiger partial charge is 0.329 e. The Labute approximate surface area is 47.9 Å². The van der Waals surface area contributed by atoms with Gasteiger partial charge in [0.05, 0.1) is 5.92 Å². The lowest BCUT2D eigenvalue weighted by atomic mass is 10.2. The zero-order chi connectivity index (χ0) is 6.57. The first kappa shape index (κ1) is 7.39. The van der Waals surface area contributed by atoms with Gasteiger partial charge < -0.3 is 4.84 Å². The van der Waals surface area contributed by atoms with Crippen LogP contribution >= 0.6 is 0 Å². The second-order valence-corrected chi connectivity index (χ2v) is 1.69. The lowest BCUT2D eigenvalue weighted by molar-refractivity contribution is -0.155. The second-order valence-electron chi connectivity index (χ2n) is 1.69. The second kappa shape index (κ2) is 3.40. The van der Waals surface area contributed by atoms with Crippen molar-refractivity contribution in [3.8, 4) is 0 Å². The summed E-state index contributed by atoms with van der Waals surface area (Å²) in [5, 5.41) is 0. The van der Waals surface area contributed by atoms with Gasteiger partial charge in [-0.2, -0.15) is 0 Å². The van der Waals surface area contributed by atoms with Crippen molar-refractivity contribution in [2.24, 2.45) is 11.8 Å². The first-order valence-electron chi connectivity index (χ1n) is 2.34. The number of nitrogens with one attached hydrogen (secondary N) is 1. The van der Waals surface area contributed by atoms with Crippen LogP contribution in [0.1, 0.15) is 13.8 Å². The van der Waals surface area contributed by atoms with Gasteiger partial charge in [0.25, 0.3) is 0 Å². The molecule has 0 spiro atoms. The van der Waals surface area contributed by atoms with Gasteiger partial charge in [-0.15, -0.1) is 0 Å². The normalized spacial score (nSPS) is 9.50. The van der Waals surface area contributed by atoms with E-state index in [1.54, 1.807) is 19.4 Å². The highest BCUT2D eigenvalue weighted by molar-refractivity contribution is 5.71. The molecule has 4 heteroatoms. The van der Waals surface area contributed by atoms with Gasteiger partial charge in [0.1, 0.15) is 0 Å². The summed E-state index contributed by atoms with van der Waals surface area (Å²) in [4.78, 5) is 14.6. The number of carbonyl (C=O) groups is 1. The molecule has 0 unspecified atom stereocenters. The van der Waals surface area contributed by atoms with E-state index in [4.69, 9.17) is 0 Å².